The molecule has 0 radical (unpaired) electrons. The van der Waals surface area contributed by atoms with Gasteiger partial charge in [-0.25, -0.2) is 24.0 Å². The minimum atomic E-state index is -0.773. The van der Waals surface area contributed by atoms with Gasteiger partial charge in [0.15, 0.2) is 23.1 Å². The normalized spacial score (nSPS) is 11.6. The van der Waals surface area contributed by atoms with Crippen LogP contribution in [0.1, 0.15) is 242 Å². The predicted octanol–water partition coefficient (Wildman–Crippen LogP) is 15.0. The molecule has 0 N–H and O–H groups in total. The first-order valence-corrected chi connectivity index (χ1v) is 34.1. The Hall–Kier alpha value is -8.93. The van der Waals surface area contributed by atoms with E-state index in [2.05, 4.69) is 52.2 Å². The van der Waals surface area contributed by atoms with Gasteiger partial charge in [0.25, 0.3) is 0 Å². The molecule has 0 spiro atoms. The summed E-state index contributed by atoms with van der Waals surface area (Å²) in [5.74, 6) is -2.25. The summed E-state index contributed by atoms with van der Waals surface area (Å²) in [7, 11) is 1.19. The van der Waals surface area contributed by atoms with Crippen LogP contribution in [0.5, 0.6) is 23.0 Å². The monoisotopic (exact) mass is 1320 g/mol. The number of hydrogen-bond acceptors (Lipinski definition) is 18. The van der Waals surface area contributed by atoms with Crippen molar-refractivity contribution >= 4 is 53.0 Å². The van der Waals surface area contributed by atoms with Crippen molar-refractivity contribution in [3.63, 3.8) is 0 Å². The number of fused-ring (bicyclic) bond motifs is 8. The lowest BCUT2D eigenvalue weighted by Gasteiger charge is -2.25. The van der Waals surface area contributed by atoms with E-state index in [4.69, 9.17) is 37.9 Å². The van der Waals surface area contributed by atoms with Crippen molar-refractivity contribution in [2.24, 2.45) is 0 Å². The van der Waals surface area contributed by atoms with Gasteiger partial charge in [0, 0.05) is 130 Å². The number of methoxy groups -OCH3 is 1. The Morgan fingerprint density at radius 2 is 0.531 bits per heavy atom. The molecule has 96 heavy (non-hydrogen) atoms. The summed E-state index contributed by atoms with van der Waals surface area (Å²) >= 11 is 0. The fourth-order valence-corrected chi connectivity index (χ4v) is 11.0. The Labute approximate surface area is 566 Å². The van der Waals surface area contributed by atoms with Crippen LogP contribution in [-0.4, -0.2) is 113 Å². The molecule has 0 aromatic heterocycles. The molecule has 0 heterocycles. The minimum Gasteiger partial charge on any atom is -0.493 e. The minimum absolute atomic E-state index is 0.00223. The number of ether oxygens (including phenoxy) is 9. The zero-order valence-electron chi connectivity index (χ0n) is 57.1. The summed E-state index contributed by atoms with van der Waals surface area (Å²) in [5.41, 5.74) is 5.94. The lowest BCUT2D eigenvalue weighted by atomic mass is 9.86. The lowest BCUT2D eigenvalue weighted by molar-refractivity contribution is -0.139. The first-order valence-electron chi connectivity index (χ1n) is 34.1. The zero-order valence-corrected chi connectivity index (χ0v) is 57.1. The predicted molar refractivity (Wildman–Crippen MR) is 367 cm³/mol. The van der Waals surface area contributed by atoms with Gasteiger partial charge in [-0.05, 0) is 119 Å². The van der Waals surface area contributed by atoms with E-state index >= 15 is 0 Å². The van der Waals surface area contributed by atoms with Crippen LogP contribution in [0, 0.1) is 0 Å². The number of unbranched alkanes of at least 4 members (excludes halogenated alkanes) is 8. The van der Waals surface area contributed by atoms with Crippen LogP contribution < -0.4 is 18.9 Å². The van der Waals surface area contributed by atoms with Gasteiger partial charge in [0.05, 0.1) is 60.0 Å². The third-order valence-corrected chi connectivity index (χ3v) is 16.0. The van der Waals surface area contributed by atoms with Gasteiger partial charge in [-0.1, -0.05) is 98.8 Å². The highest BCUT2D eigenvalue weighted by atomic mass is 16.6. The van der Waals surface area contributed by atoms with Gasteiger partial charge in [0.1, 0.15) is 23.0 Å². The molecule has 18 nitrogen and oxygen atoms in total. The number of esters is 5. The van der Waals surface area contributed by atoms with E-state index in [0.717, 1.165) is 81.7 Å². The molecule has 1 aliphatic rings. The quantitative estimate of drug-likeness (QED) is 0.0116. The van der Waals surface area contributed by atoms with Gasteiger partial charge < -0.3 is 42.6 Å². The number of Topliss-reactive ketones (excluding diaryl/α,β-unsaturated/α-hetero) is 4. The fourth-order valence-electron chi connectivity index (χ4n) is 11.0. The number of carbonyl (C=O) groups is 9. The summed E-state index contributed by atoms with van der Waals surface area (Å²) < 4.78 is 54.0. The van der Waals surface area contributed by atoms with Gasteiger partial charge >= 0.3 is 29.8 Å². The summed E-state index contributed by atoms with van der Waals surface area (Å²) in [6.45, 7) is 18.8. The molecular weight excluding hydrogens is 1220 g/mol. The van der Waals surface area contributed by atoms with Crippen LogP contribution >= 0.6 is 0 Å². The van der Waals surface area contributed by atoms with Gasteiger partial charge in [-0.2, -0.15) is 0 Å². The van der Waals surface area contributed by atoms with Gasteiger partial charge in [-0.3, -0.25) is 19.2 Å². The summed E-state index contributed by atoms with van der Waals surface area (Å²) in [4.78, 5) is 121. The molecule has 4 aromatic carbocycles. The van der Waals surface area contributed by atoms with Crippen LogP contribution in [0.25, 0.3) is 0 Å². The molecule has 0 fully saturated rings. The highest BCUT2D eigenvalue weighted by Crippen LogP contribution is 2.42. The molecule has 0 atom stereocenters. The molecule has 8 bridgehead atoms. The van der Waals surface area contributed by atoms with Crippen molar-refractivity contribution in [2.75, 3.05) is 60.0 Å². The summed E-state index contributed by atoms with van der Waals surface area (Å²) in [6.07, 6.45) is 16.5. The van der Waals surface area contributed by atoms with Crippen LogP contribution in [0.2, 0.25) is 0 Å². The van der Waals surface area contributed by atoms with E-state index < -0.39 is 29.8 Å². The molecule has 1 aliphatic carbocycles. The molecule has 5 rings (SSSR count). The molecule has 0 unspecified atom stereocenters. The SMILES string of the molecule is C=CC(=O)OCCCOc1c2cc(C(=O)CCCCC)cc1Cc1cc(C(=O)CCCCC)cc(c1OCCCOC(=O)C=C)Cc1cc(C(=O)CCCCC)cc(c1OCCCOC(=O)/C=C\C(=O)OC)Cc1cc(C(=O)CCCCC)cc(c1OCCCOC(=O)C=C)C2. The second-order valence-electron chi connectivity index (χ2n) is 23.7. The van der Waals surface area contributed by atoms with Crippen molar-refractivity contribution in [2.45, 2.75) is 182 Å². The standard InChI is InChI=1S/C78H98O18/c1-9-16-20-28-66(79)54-42-58-50-60-44-55(67(80)29-21-17-10-2)46-62(76(60)94-39-25-35-90-71(84)14-6)52-64-48-57(69(82)31-23-19-12-4)49-65(78(64)96-41-27-37-92-74(87)33-32-73(86)88-8)53-63-47-56(68(81)30-22-18-11-3)45-61(77(63)95-40-26-36-91-72(85)15-7)51-59(43-54)75(58)93-38-24-34-89-70(83)13-5/h13-15,32-33,42-49H,5-7,9-12,16-31,34-41,50-53H2,1-4,8H3/b33-32-. The highest BCUT2D eigenvalue weighted by molar-refractivity contribution is 5.99. The Morgan fingerprint density at radius 3 is 0.740 bits per heavy atom. The number of benzene rings is 4. The number of rotatable bonds is 45. The van der Waals surface area contributed by atoms with Crippen LogP contribution in [0.15, 0.2) is 98.6 Å². The van der Waals surface area contributed by atoms with E-state index in [1.165, 1.54) is 7.11 Å². The van der Waals surface area contributed by atoms with E-state index in [0.29, 0.717) is 115 Å². The molecule has 18 heteroatoms. The Kier molecular flexibility index (Phi) is 35.0. The van der Waals surface area contributed by atoms with Crippen molar-refractivity contribution in [1.29, 1.82) is 0 Å². The van der Waals surface area contributed by atoms with Crippen LogP contribution in [-0.2, 0) is 73.3 Å². The molecule has 0 saturated heterocycles. The Balaban J connectivity index is 1.99. The maximum absolute atomic E-state index is 14.8. The average molecular weight is 1320 g/mol. The van der Waals surface area contributed by atoms with E-state index in [9.17, 15) is 43.2 Å². The molecule has 0 aliphatic heterocycles. The first kappa shape index (κ1) is 77.8. The van der Waals surface area contributed by atoms with Crippen molar-refractivity contribution in [1.82, 2.24) is 0 Å². The smallest absolute Gasteiger partial charge is 0.331 e. The van der Waals surface area contributed by atoms with Crippen LogP contribution in [0.4, 0.5) is 0 Å². The number of ketones is 4. The lowest BCUT2D eigenvalue weighted by Crippen LogP contribution is -2.15. The topological polar surface area (TPSA) is 237 Å². The van der Waals surface area contributed by atoms with Gasteiger partial charge in [-0.15, -0.1) is 0 Å². The zero-order chi connectivity index (χ0) is 69.6. The highest BCUT2D eigenvalue weighted by Gasteiger charge is 2.28. The molecule has 0 saturated carbocycles. The van der Waals surface area contributed by atoms with Crippen molar-refractivity contribution in [3.8, 4) is 23.0 Å². The van der Waals surface area contributed by atoms with Gasteiger partial charge in [0.2, 0.25) is 0 Å². The van der Waals surface area contributed by atoms with Crippen LogP contribution in [0.3, 0.4) is 0 Å². The maximum atomic E-state index is 14.8. The second-order valence-corrected chi connectivity index (χ2v) is 23.7. The van der Waals surface area contributed by atoms with Crippen molar-refractivity contribution < 1.29 is 85.8 Å². The molecule has 4 aromatic rings. The largest absolute Gasteiger partial charge is 0.493 e. The number of carbonyl (C=O) groups excluding carboxylic acids is 9. The molecule has 0 amide bonds. The van der Waals surface area contributed by atoms with E-state index in [-0.39, 0.29) is 153 Å². The maximum Gasteiger partial charge on any atom is 0.331 e. The third kappa shape index (κ3) is 26.0. The Bertz CT molecular complexity index is 3210. The van der Waals surface area contributed by atoms with E-state index in [1.807, 2.05) is 36.4 Å². The average Bonchev–Trinajstić information content (AvgIpc) is 0.774. The Morgan fingerprint density at radius 1 is 0.312 bits per heavy atom. The third-order valence-electron chi connectivity index (χ3n) is 16.0. The molecular formula is C78H98O18. The summed E-state index contributed by atoms with van der Waals surface area (Å²) in [6, 6.07) is 14.5. The first-order chi connectivity index (χ1) is 46.5. The fraction of sp³-hybridized carbons (Fsp3) is 0.474. The molecule has 518 valence electrons. The number of hydrogen-bond donors (Lipinski definition) is 0. The van der Waals surface area contributed by atoms with E-state index in [1.54, 1.807) is 12.1 Å². The van der Waals surface area contributed by atoms with Crippen molar-refractivity contribution in [3.05, 3.63) is 165 Å². The second kappa shape index (κ2) is 43.2. The summed E-state index contributed by atoms with van der Waals surface area (Å²) in [5, 5.41) is 0.